The fourth-order valence-electron chi connectivity index (χ4n) is 1.71. The molecule has 0 atom stereocenters. The molecule has 0 unspecified atom stereocenters. The summed E-state index contributed by atoms with van der Waals surface area (Å²) in [4.78, 5) is 2.71. The molecule has 1 heterocycles. The number of hydrogen-bond acceptors (Lipinski definition) is 4. The molecule has 0 bridgehead atoms. The predicted octanol–water partition coefficient (Wildman–Crippen LogP) is 4.15. The van der Waals surface area contributed by atoms with Crippen LogP contribution in [0.5, 0.6) is 23.0 Å². The first kappa shape index (κ1) is 11.3. The van der Waals surface area contributed by atoms with Crippen LogP contribution in [0.15, 0.2) is 47.6 Å². The Morgan fingerprint density at radius 3 is 2.53 bits per heavy atom. The molecule has 1 aliphatic rings. The molecule has 0 fully saturated rings. The van der Waals surface area contributed by atoms with E-state index in [4.69, 9.17) is 19.7 Å². The van der Waals surface area contributed by atoms with Crippen LogP contribution >= 0.6 is 0 Å². The highest BCUT2D eigenvalue weighted by Crippen LogP contribution is 2.36. The van der Waals surface area contributed by atoms with Gasteiger partial charge in [0.1, 0.15) is 11.5 Å². The van der Waals surface area contributed by atoms with E-state index in [1.54, 1.807) is 42.5 Å². The number of rotatable bonds is 3. The second-order valence-electron chi connectivity index (χ2n) is 3.80. The summed E-state index contributed by atoms with van der Waals surface area (Å²) in [5, 5.41) is 3.49. The molecule has 0 N–H and O–H groups in total. The van der Waals surface area contributed by atoms with Crippen molar-refractivity contribution in [3.63, 3.8) is 0 Å². The van der Waals surface area contributed by atoms with Crippen molar-refractivity contribution >= 4 is 5.69 Å². The van der Waals surface area contributed by atoms with E-state index in [2.05, 4.69) is 10.0 Å². The van der Waals surface area contributed by atoms with Crippen LogP contribution in [0.4, 0.5) is 5.69 Å². The summed E-state index contributed by atoms with van der Waals surface area (Å²) in [7, 11) is 0. The molecule has 0 aliphatic carbocycles. The number of azide groups is 1. The molecular formula is C13H9N3O3. The van der Waals surface area contributed by atoms with Crippen molar-refractivity contribution in [2.24, 2.45) is 5.11 Å². The van der Waals surface area contributed by atoms with Crippen LogP contribution < -0.4 is 14.2 Å². The molecule has 2 aromatic rings. The maximum atomic E-state index is 8.32. The summed E-state index contributed by atoms with van der Waals surface area (Å²) < 4.78 is 16.2. The lowest BCUT2D eigenvalue weighted by Crippen LogP contribution is -1.92. The van der Waals surface area contributed by atoms with E-state index in [9.17, 15) is 0 Å². The van der Waals surface area contributed by atoms with Gasteiger partial charge in [0.25, 0.3) is 0 Å². The van der Waals surface area contributed by atoms with Crippen molar-refractivity contribution in [1.29, 1.82) is 0 Å². The second-order valence-corrected chi connectivity index (χ2v) is 3.80. The van der Waals surface area contributed by atoms with Gasteiger partial charge in [0.2, 0.25) is 6.79 Å². The van der Waals surface area contributed by atoms with Gasteiger partial charge in [-0.15, -0.1) is 0 Å². The summed E-state index contributed by atoms with van der Waals surface area (Å²) in [6.07, 6.45) is 0. The molecular weight excluding hydrogens is 246 g/mol. The highest BCUT2D eigenvalue weighted by atomic mass is 16.7. The van der Waals surface area contributed by atoms with Crippen LogP contribution in [0.3, 0.4) is 0 Å². The third-order valence-corrected chi connectivity index (χ3v) is 2.58. The van der Waals surface area contributed by atoms with E-state index >= 15 is 0 Å². The van der Waals surface area contributed by atoms with Gasteiger partial charge in [0.05, 0.1) is 0 Å². The smallest absolute Gasteiger partial charge is 0.231 e. The Labute approximate surface area is 108 Å². The topological polar surface area (TPSA) is 76.5 Å². The Bertz CT molecular complexity index is 649. The standard InChI is InChI=1S/C13H9N3O3/c14-16-15-9-1-3-10(4-2-9)19-11-5-6-12-13(7-11)18-8-17-12/h1-7H,8H2. The Balaban J connectivity index is 1.79. The summed E-state index contributed by atoms with van der Waals surface area (Å²) >= 11 is 0. The Morgan fingerprint density at radius 2 is 1.74 bits per heavy atom. The van der Waals surface area contributed by atoms with Gasteiger partial charge < -0.3 is 14.2 Å². The molecule has 2 aromatic carbocycles. The molecule has 6 heteroatoms. The molecule has 0 saturated heterocycles. The van der Waals surface area contributed by atoms with E-state index in [0.29, 0.717) is 28.7 Å². The first-order valence-corrected chi connectivity index (χ1v) is 5.58. The fourth-order valence-corrected chi connectivity index (χ4v) is 1.71. The maximum Gasteiger partial charge on any atom is 0.231 e. The maximum absolute atomic E-state index is 8.32. The Hall–Kier alpha value is -2.85. The van der Waals surface area contributed by atoms with Crippen LogP contribution in [0.1, 0.15) is 0 Å². The minimum absolute atomic E-state index is 0.236. The minimum atomic E-state index is 0.236. The van der Waals surface area contributed by atoms with Crippen LogP contribution in [0.25, 0.3) is 10.4 Å². The number of fused-ring (bicyclic) bond motifs is 1. The van der Waals surface area contributed by atoms with E-state index in [0.717, 1.165) is 0 Å². The third-order valence-electron chi connectivity index (χ3n) is 2.58. The van der Waals surface area contributed by atoms with Crippen molar-refractivity contribution in [3.8, 4) is 23.0 Å². The molecule has 19 heavy (non-hydrogen) atoms. The highest BCUT2D eigenvalue weighted by Gasteiger charge is 2.13. The van der Waals surface area contributed by atoms with Crippen LogP contribution in [-0.4, -0.2) is 6.79 Å². The largest absolute Gasteiger partial charge is 0.457 e. The zero-order valence-electron chi connectivity index (χ0n) is 9.81. The molecule has 0 aromatic heterocycles. The lowest BCUT2D eigenvalue weighted by Gasteiger charge is -2.06. The molecule has 94 valence electrons. The summed E-state index contributed by atoms with van der Waals surface area (Å²) in [6, 6.07) is 12.2. The third kappa shape index (κ3) is 2.38. The SMILES string of the molecule is [N-]=[N+]=Nc1ccc(Oc2ccc3c(c2)OCO3)cc1. The first-order valence-electron chi connectivity index (χ1n) is 5.58. The lowest BCUT2D eigenvalue weighted by atomic mass is 10.3. The summed E-state index contributed by atoms with van der Waals surface area (Å²) in [5.41, 5.74) is 8.86. The number of ether oxygens (including phenoxy) is 3. The molecule has 0 spiro atoms. The molecule has 0 amide bonds. The normalized spacial score (nSPS) is 11.8. The van der Waals surface area contributed by atoms with E-state index in [1.165, 1.54) is 0 Å². The van der Waals surface area contributed by atoms with E-state index < -0.39 is 0 Å². The van der Waals surface area contributed by atoms with E-state index in [1.807, 2.05) is 0 Å². The van der Waals surface area contributed by atoms with Crippen LogP contribution in [-0.2, 0) is 0 Å². The van der Waals surface area contributed by atoms with Crippen molar-refractivity contribution in [3.05, 3.63) is 52.9 Å². The van der Waals surface area contributed by atoms with Gasteiger partial charge in [0, 0.05) is 16.7 Å². The van der Waals surface area contributed by atoms with Crippen molar-refractivity contribution < 1.29 is 14.2 Å². The number of benzene rings is 2. The van der Waals surface area contributed by atoms with Gasteiger partial charge in [-0.1, -0.05) is 5.11 Å². The fraction of sp³-hybridized carbons (Fsp3) is 0.0769. The van der Waals surface area contributed by atoms with Gasteiger partial charge in [-0.3, -0.25) is 0 Å². The average Bonchev–Trinajstić information content (AvgIpc) is 2.89. The van der Waals surface area contributed by atoms with Crippen molar-refractivity contribution in [2.45, 2.75) is 0 Å². The number of nitrogens with zero attached hydrogens (tertiary/aromatic N) is 3. The monoisotopic (exact) mass is 255 g/mol. The molecule has 0 radical (unpaired) electrons. The number of hydrogen-bond donors (Lipinski definition) is 0. The summed E-state index contributed by atoms with van der Waals surface area (Å²) in [5.74, 6) is 2.69. The summed E-state index contributed by atoms with van der Waals surface area (Å²) in [6.45, 7) is 0.236. The zero-order chi connectivity index (χ0) is 13.1. The Kier molecular flexibility index (Phi) is 2.84. The molecule has 6 nitrogen and oxygen atoms in total. The van der Waals surface area contributed by atoms with Gasteiger partial charge in [-0.25, -0.2) is 0 Å². The van der Waals surface area contributed by atoms with Gasteiger partial charge in [-0.05, 0) is 41.9 Å². The van der Waals surface area contributed by atoms with Crippen LogP contribution in [0.2, 0.25) is 0 Å². The predicted molar refractivity (Wildman–Crippen MR) is 67.9 cm³/mol. The second kappa shape index (κ2) is 4.80. The quantitative estimate of drug-likeness (QED) is 0.469. The van der Waals surface area contributed by atoms with Crippen molar-refractivity contribution in [2.75, 3.05) is 6.79 Å². The Morgan fingerprint density at radius 1 is 1.00 bits per heavy atom. The van der Waals surface area contributed by atoms with Crippen molar-refractivity contribution in [1.82, 2.24) is 0 Å². The van der Waals surface area contributed by atoms with Gasteiger partial charge in [0.15, 0.2) is 11.5 Å². The first-order chi connectivity index (χ1) is 9.35. The van der Waals surface area contributed by atoms with Gasteiger partial charge >= 0.3 is 0 Å². The van der Waals surface area contributed by atoms with Crippen LogP contribution in [0, 0.1) is 0 Å². The lowest BCUT2D eigenvalue weighted by molar-refractivity contribution is 0.174. The zero-order valence-corrected chi connectivity index (χ0v) is 9.81. The molecule has 1 aliphatic heterocycles. The van der Waals surface area contributed by atoms with E-state index in [-0.39, 0.29) is 6.79 Å². The average molecular weight is 255 g/mol. The van der Waals surface area contributed by atoms with Gasteiger partial charge in [-0.2, -0.15) is 0 Å². The highest BCUT2D eigenvalue weighted by molar-refractivity contribution is 5.48. The molecule has 3 rings (SSSR count). The minimum Gasteiger partial charge on any atom is -0.457 e. The molecule has 0 saturated carbocycles.